The fraction of sp³-hybridized carbons (Fsp3) is 0.381. The van der Waals surface area contributed by atoms with Crippen LogP contribution in [0.25, 0.3) is 0 Å². The maximum absolute atomic E-state index is 13.7. The van der Waals surface area contributed by atoms with E-state index in [0.29, 0.717) is 23.7 Å². The van der Waals surface area contributed by atoms with Gasteiger partial charge in [0.15, 0.2) is 0 Å². The smallest absolute Gasteiger partial charge is 0.381 e. The maximum atomic E-state index is 13.7. The van der Waals surface area contributed by atoms with E-state index in [1.165, 1.54) is 12.1 Å². The summed E-state index contributed by atoms with van der Waals surface area (Å²) in [7, 11) is 0. The lowest BCUT2D eigenvalue weighted by molar-refractivity contribution is -0.260. The third-order valence-corrected chi connectivity index (χ3v) is 4.80. The van der Waals surface area contributed by atoms with Crippen molar-refractivity contribution in [3.05, 3.63) is 64.7 Å². The minimum atomic E-state index is -5.24. The van der Waals surface area contributed by atoms with Crippen molar-refractivity contribution < 1.29 is 36.2 Å². The molecule has 0 saturated carbocycles. The second-order valence-corrected chi connectivity index (χ2v) is 7.14. The van der Waals surface area contributed by atoms with E-state index >= 15 is 0 Å². The van der Waals surface area contributed by atoms with Gasteiger partial charge >= 0.3 is 18.4 Å². The van der Waals surface area contributed by atoms with Gasteiger partial charge in [0.05, 0.1) is 12.1 Å². The topological polar surface area (TPSA) is 73.4 Å². The molecular formula is C21H23F6N3O2. The van der Waals surface area contributed by atoms with Crippen LogP contribution in [0.3, 0.4) is 0 Å². The van der Waals surface area contributed by atoms with Gasteiger partial charge in [-0.2, -0.15) is 26.3 Å². The molecule has 1 atom stereocenters. The van der Waals surface area contributed by atoms with E-state index in [2.05, 4.69) is 16.0 Å². The molecule has 0 spiro atoms. The highest BCUT2D eigenvalue weighted by Crippen LogP contribution is 2.41. The highest BCUT2D eigenvalue weighted by atomic mass is 19.4. The Kier molecular flexibility index (Phi) is 7.66. The van der Waals surface area contributed by atoms with E-state index in [1.54, 1.807) is 19.9 Å². The molecule has 11 heteroatoms. The average Bonchev–Trinajstić information content (AvgIpc) is 2.70. The summed E-state index contributed by atoms with van der Waals surface area (Å²) in [5.41, 5.74) is -4.18. The van der Waals surface area contributed by atoms with E-state index < -0.39 is 35.6 Å². The Morgan fingerprint density at radius 3 is 2.19 bits per heavy atom. The lowest BCUT2D eigenvalue weighted by Crippen LogP contribution is -2.48. The summed E-state index contributed by atoms with van der Waals surface area (Å²) >= 11 is 0. The third kappa shape index (κ3) is 6.06. The number of aliphatic hydroxyl groups is 1. The first-order valence-corrected chi connectivity index (χ1v) is 9.60. The quantitative estimate of drug-likeness (QED) is 0.450. The van der Waals surface area contributed by atoms with E-state index in [9.17, 15) is 36.2 Å². The highest BCUT2D eigenvalue weighted by molar-refractivity contribution is 5.73. The van der Waals surface area contributed by atoms with Gasteiger partial charge in [-0.15, -0.1) is 0 Å². The molecule has 0 fully saturated rings. The van der Waals surface area contributed by atoms with Crippen molar-refractivity contribution >= 4 is 11.7 Å². The highest BCUT2D eigenvalue weighted by Gasteiger charge is 2.55. The predicted molar refractivity (Wildman–Crippen MR) is 107 cm³/mol. The molecule has 0 aliphatic carbocycles. The molecular weight excluding hydrogens is 440 g/mol. The van der Waals surface area contributed by atoms with Gasteiger partial charge in [-0.25, -0.2) is 4.79 Å². The molecule has 5 nitrogen and oxygen atoms in total. The zero-order valence-electron chi connectivity index (χ0n) is 17.3. The summed E-state index contributed by atoms with van der Waals surface area (Å²) < 4.78 is 79.9. The molecule has 32 heavy (non-hydrogen) atoms. The molecule has 2 amide bonds. The summed E-state index contributed by atoms with van der Waals surface area (Å²) in [6.45, 7) is 2.97. The zero-order chi connectivity index (χ0) is 24.2. The number of rotatable bonds is 7. The lowest BCUT2D eigenvalue weighted by Gasteiger charge is -2.32. The first-order chi connectivity index (χ1) is 14.8. The molecule has 2 aromatic carbocycles. The largest absolute Gasteiger partial charge is 0.423 e. The van der Waals surface area contributed by atoms with E-state index in [0.717, 1.165) is 12.1 Å². The van der Waals surface area contributed by atoms with Gasteiger partial charge in [0.1, 0.15) is 0 Å². The minimum Gasteiger partial charge on any atom is -0.381 e. The number of anilines is 1. The molecule has 176 valence electrons. The molecule has 0 saturated heterocycles. The monoisotopic (exact) mass is 463 g/mol. The molecule has 2 aromatic rings. The zero-order valence-corrected chi connectivity index (χ0v) is 17.3. The normalized spacial score (nSPS) is 13.9. The number of carbonyl (C=O) groups is 1. The summed E-state index contributed by atoms with van der Waals surface area (Å²) in [5, 5.41) is 18.0. The summed E-state index contributed by atoms with van der Waals surface area (Å²) in [4.78, 5) is 11.5. The van der Waals surface area contributed by atoms with Crippen LogP contribution in [0.2, 0.25) is 0 Å². The van der Waals surface area contributed by atoms with Crippen LogP contribution in [0.1, 0.15) is 29.2 Å². The van der Waals surface area contributed by atoms with Gasteiger partial charge in [0.2, 0.25) is 5.60 Å². The molecule has 0 bridgehead atoms. The van der Waals surface area contributed by atoms with E-state index in [4.69, 9.17) is 0 Å². The first-order valence-electron chi connectivity index (χ1n) is 9.60. The Morgan fingerprint density at radius 2 is 1.62 bits per heavy atom. The fourth-order valence-corrected chi connectivity index (χ4v) is 2.95. The van der Waals surface area contributed by atoms with Crippen molar-refractivity contribution in [2.24, 2.45) is 0 Å². The van der Waals surface area contributed by atoms with Crippen molar-refractivity contribution in [2.75, 3.05) is 18.4 Å². The standard InChI is InChI=1S/C21H23F6N3O2/c1-3-28-18(31)29-11-14-7-8-17(9-13(14)2)30-12-19(32,21(25,26)27)15-5-4-6-16(10-15)20(22,23)24/h4-10,30,32H,3,11-12H2,1-2H3,(H2,28,29,31)/t19-/m0/s1. The van der Waals surface area contributed by atoms with Crippen LogP contribution in [0.5, 0.6) is 0 Å². The number of carbonyl (C=O) groups excluding carboxylic acids is 1. The number of benzene rings is 2. The Hall–Kier alpha value is -2.95. The second kappa shape index (κ2) is 9.68. The van der Waals surface area contributed by atoms with Crippen molar-refractivity contribution in [1.29, 1.82) is 0 Å². The van der Waals surface area contributed by atoms with Crippen LogP contribution in [-0.4, -0.2) is 30.4 Å². The van der Waals surface area contributed by atoms with Crippen LogP contribution in [0.4, 0.5) is 36.8 Å². The second-order valence-electron chi connectivity index (χ2n) is 7.14. The van der Waals surface area contributed by atoms with Gasteiger partial charge in [0, 0.05) is 18.8 Å². The van der Waals surface area contributed by atoms with Crippen LogP contribution in [0.15, 0.2) is 42.5 Å². The first kappa shape index (κ1) is 25.3. The molecule has 0 aliphatic rings. The summed E-state index contributed by atoms with van der Waals surface area (Å²) in [5.74, 6) is 0. The van der Waals surface area contributed by atoms with E-state index in [1.807, 2.05) is 0 Å². The number of amides is 2. The van der Waals surface area contributed by atoms with Crippen LogP contribution >= 0.6 is 0 Å². The minimum absolute atomic E-state index is 0.189. The molecule has 2 rings (SSSR count). The summed E-state index contributed by atoms with van der Waals surface area (Å²) in [6.07, 6.45) is -10.1. The van der Waals surface area contributed by atoms with E-state index in [-0.39, 0.29) is 24.3 Å². The fourth-order valence-electron chi connectivity index (χ4n) is 2.95. The predicted octanol–water partition coefficient (Wildman–Crippen LogP) is 4.69. The summed E-state index contributed by atoms with van der Waals surface area (Å²) in [6, 6.07) is 6.71. The molecule has 0 aromatic heterocycles. The SMILES string of the molecule is CCNC(=O)NCc1ccc(NC[C@](O)(c2cccc(C(F)(F)F)c2)C(F)(F)F)cc1C. The number of urea groups is 1. The van der Waals surface area contributed by atoms with Crippen molar-refractivity contribution in [3.63, 3.8) is 0 Å². The molecule has 0 aliphatic heterocycles. The molecule has 4 N–H and O–H groups in total. The van der Waals surface area contributed by atoms with Gasteiger partial charge in [-0.3, -0.25) is 0 Å². The van der Waals surface area contributed by atoms with Crippen molar-refractivity contribution in [3.8, 4) is 0 Å². The Labute approximate surface area is 180 Å². The Morgan fingerprint density at radius 1 is 0.969 bits per heavy atom. The number of halogens is 6. The van der Waals surface area contributed by atoms with Crippen LogP contribution in [-0.2, 0) is 18.3 Å². The average molecular weight is 463 g/mol. The number of nitrogens with one attached hydrogen (secondary N) is 3. The van der Waals surface area contributed by atoms with Crippen LogP contribution in [0, 0.1) is 6.92 Å². The number of alkyl halides is 6. The van der Waals surface area contributed by atoms with Gasteiger partial charge < -0.3 is 21.1 Å². The van der Waals surface area contributed by atoms with Gasteiger partial charge in [-0.1, -0.05) is 18.2 Å². The molecule has 0 radical (unpaired) electrons. The maximum Gasteiger partial charge on any atom is 0.423 e. The lowest BCUT2D eigenvalue weighted by atomic mass is 9.91. The van der Waals surface area contributed by atoms with Crippen LogP contribution < -0.4 is 16.0 Å². The third-order valence-electron chi connectivity index (χ3n) is 4.80. The molecule has 0 unspecified atom stereocenters. The molecule has 0 heterocycles. The number of hydrogen-bond acceptors (Lipinski definition) is 3. The van der Waals surface area contributed by atoms with Crippen molar-refractivity contribution in [1.82, 2.24) is 10.6 Å². The Bertz CT molecular complexity index is 946. The van der Waals surface area contributed by atoms with Gasteiger partial charge in [0.25, 0.3) is 0 Å². The van der Waals surface area contributed by atoms with Gasteiger partial charge in [-0.05, 0) is 54.8 Å². The number of hydrogen-bond donors (Lipinski definition) is 4. The number of aryl methyl sites for hydroxylation is 1. The Balaban J connectivity index is 2.21. The van der Waals surface area contributed by atoms with Crippen molar-refractivity contribution in [2.45, 2.75) is 38.3 Å².